The quantitative estimate of drug-likeness (QED) is 0.312. The molecule has 1 N–H and O–H groups in total. The number of ether oxygens (including phenoxy) is 3. The molecule has 0 bridgehead atoms. The van der Waals surface area contributed by atoms with E-state index in [-0.39, 0.29) is 11.3 Å². The summed E-state index contributed by atoms with van der Waals surface area (Å²) >= 11 is 0. The van der Waals surface area contributed by atoms with Crippen molar-refractivity contribution in [3.05, 3.63) is 88.5 Å². The number of methoxy groups -OCH3 is 1. The number of fused-ring (bicyclic) bond motifs is 1. The average Bonchev–Trinajstić information content (AvgIpc) is 3.18. The molecule has 3 aromatic rings. The Morgan fingerprint density at radius 1 is 1.00 bits per heavy atom. The van der Waals surface area contributed by atoms with Gasteiger partial charge < -0.3 is 19.3 Å². The highest BCUT2D eigenvalue weighted by Gasteiger charge is 2.47. The smallest absolute Gasteiger partial charge is 0.300 e. The van der Waals surface area contributed by atoms with E-state index in [4.69, 9.17) is 14.2 Å². The first kappa shape index (κ1) is 23.5. The molecule has 184 valence electrons. The fourth-order valence-corrected chi connectivity index (χ4v) is 4.71. The summed E-state index contributed by atoms with van der Waals surface area (Å²) < 4.78 is 16.7. The Morgan fingerprint density at radius 2 is 1.72 bits per heavy atom. The predicted molar refractivity (Wildman–Crippen MR) is 136 cm³/mol. The number of hydrogen-bond donors (Lipinski definition) is 1. The number of anilines is 1. The van der Waals surface area contributed by atoms with Gasteiger partial charge >= 0.3 is 0 Å². The third-order valence-corrected chi connectivity index (χ3v) is 6.62. The summed E-state index contributed by atoms with van der Waals surface area (Å²) in [5.41, 5.74) is 3.59. The molecule has 0 radical (unpaired) electrons. The summed E-state index contributed by atoms with van der Waals surface area (Å²) in [5.74, 6) is 0.0489. The van der Waals surface area contributed by atoms with Gasteiger partial charge in [-0.1, -0.05) is 31.2 Å². The van der Waals surface area contributed by atoms with Gasteiger partial charge in [0.2, 0.25) is 0 Å². The van der Waals surface area contributed by atoms with Gasteiger partial charge in [-0.3, -0.25) is 14.5 Å². The Morgan fingerprint density at radius 3 is 2.39 bits per heavy atom. The number of benzene rings is 3. The van der Waals surface area contributed by atoms with E-state index in [0.717, 1.165) is 17.5 Å². The lowest BCUT2D eigenvalue weighted by Gasteiger charge is -2.27. The van der Waals surface area contributed by atoms with Gasteiger partial charge in [-0.25, -0.2) is 0 Å². The summed E-state index contributed by atoms with van der Waals surface area (Å²) in [7, 11) is 1.57. The maximum absolute atomic E-state index is 13.4. The van der Waals surface area contributed by atoms with E-state index >= 15 is 0 Å². The monoisotopic (exact) mass is 485 g/mol. The van der Waals surface area contributed by atoms with Gasteiger partial charge in [-0.2, -0.15) is 0 Å². The van der Waals surface area contributed by atoms with Crippen LogP contribution in [0, 0.1) is 6.92 Å². The molecule has 1 amide bonds. The summed E-state index contributed by atoms with van der Waals surface area (Å²) in [6.45, 7) is 4.75. The Balaban J connectivity index is 1.68. The van der Waals surface area contributed by atoms with Gasteiger partial charge in [0, 0.05) is 17.3 Å². The van der Waals surface area contributed by atoms with E-state index in [1.54, 1.807) is 43.5 Å². The van der Waals surface area contributed by atoms with Crippen LogP contribution in [0.25, 0.3) is 5.76 Å². The Bertz CT molecular complexity index is 1380. The van der Waals surface area contributed by atoms with Crippen LogP contribution in [0.1, 0.15) is 35.2 Å². The molecular weight excluding hydrogens is 458 g/mol. The van der Waals surface area contributed by atoms with Gasteiger partial charge in [-0.15, -0.1) is 0 Å². The molecule has 7 heteroatoms. The van der Waals surface area contributed by atoms with Crippen molar-refractivity contribution in [2.75, 3.05) is 25.2 Å². The van der Waals surface area contributed by atoms with Crippen LogP contribution < -0.4 is 19.1 Å². The third kappa shape index (κ3) is 3.96. The standard InChI is InChI=1S/C29H27NO6/c1-4-18-5-7-19(8-6-18)26-25(27(31)20-9-11-22(34-3)17(2)15-20)28(32)29(33)30(26)21-10-12-23-24(16-21)36-14-13-35-23/h5-12,15-16,26,31H,4,13-14H2,1-3H3/b27-25+. The first-order chi connectivity index (χ1) is 17.4. The number of carbonyl (C=O) groups is 2. The number of aliphatic hydroxyl groups excluding tert-OH is 1. The molecule has 0 saturated carbocycles. The number of amides is 1. The van der Waals surface area contributed by atoms with Crippen LogP contribution in [0.2, 0.25) is 0 Å². The fraction of sp³-hybridized carbons (Fsp3) is 0.241. The van der Waals surface area contributed by atoms with Gasteiger partial charge in [0.1, 0.15) is 24.7 Å². The molecule has 1 unspecified atom stereocenters. The van der Waals surface area contributed by atoms with Crippen LogP contribution in [0.15, 0.2) is 66.2 Å². The van der Waals surface area contributed by atoms with Gasteiger partial charge in [0.05, 0.1) is 18.7 Å². The number of nitrogens with zero attached hydrogens (tertiary/aromatic N) is 1. The van der Waals surface area contributed by atoms with E-state index in [1.807, 2.05) is 31.2 Å². The highest BCUT2D eigenvalue weighted by atomic mass is 16.6. The normalized spacial score (nSPS) is 18.4. The van der Waals surface area contributed by atoms with Gasteiger partial charge in [0.25, 0.3) is 11.7 Å². The minimum absolute atomic E-state index is 0.0312. The lowest BCUT2D eigenvalue weighted by Crippen LogP contribution is -2.29. The maximum Gasteiger partial charge on any atom is 0.300 e. The van der Waals surface area contributed by atoms with Crippen molar-refractivity contribution >= 4 is 23.1 Å². The van der Waals surface area contributed by atoms with Gasteiger partial charge in [-0.05, 0) is 60.4 Å². The molecule has 2 aliphatic rings. The second-order valence-corrected chi connectivity index (χ2v) is 8.78. The largest absolute Gasteiger partial charge is 0.507 e. The van der Waals surface area contributed by atoms with Crippen molar-refractivity contribution in [3.8, 4) is 17.2 Å². The number of ketones is 1. The van der Waals surface area contributed by atoms with E-state index in [0.29, 0.717) is 47.3 Å². The molecule has 36 heavy (non-hydrogen) atoms. The first-order valence-electron chi connectivity index (χ1n) is 11.9. The van der Waals surface area contributed by atoms with Gasteiger partial charge in [0.15, 0.2) is 11.5 Å². The fourth-order valence-electron chi connectivity index (χ4n) is 4.71. The Labute approximate surface area is 209 Å². The number of carbonyl (C=O) groups excluding carboxylic acids is 2. The van der Waals surface area contributed by atoms with E-state index < -0.39 is 17.7 Å². The van der Waals surface area contributed by atoms with Crippen molar-refractivity contribution < 1.29 is 28.9 Å². The average molecular weight is 486 g/mol. The minimum atomic E-state index is -0.819. The van der Waals surface area contributed by atoms with Crippen LogP contribution in [0.4, 0.5) is 5.69 Å². The highest BCUT2D eigenvalue weighted by Crippen LogP contribution is 2.44. The molecule has 1 atom stereocenters. The van der Waals surface area contributed by atoms with Crippen molar-refractivity contribution in [1.29, 1.82) is 0 Å². The molecule has 0 spiro atoms. The first-order valence-corrected chi connectivity index (χ1v) is 11.9. The number of aliphatic hydroxyl groups is 1. The summed E-state index contributed by atoms with van der Waals surface area (Å²) in [6, 6.07) is 17.2. The van der Waals surface area contributed by atoms with E-state index in [9.17, 15) is 14.7 Å². The van der Waals surface area contributed by atoms with Crippen molar-refractivity contribution in [3.63, 3.8) is 0 Å². The molecule has 0 aromatic heterocycles. The van der Waals surface area contributed by atoms with Crippen LogP contribution in [0.3, 0.4) is 0 Å². The Kier molecular flexibility index (Phi) is 6.14. The molecule has 2 heterocycles. The zero-order valence-corrected chi connectivity index (χ0v) is 20.4. The summed E-state index contributed by atoms with van der Waals surface area (Å²) in [6.07, 6.45) is 0.855. The number of Topliss-reactive ketones (excluding diaryl/α,β-unsaturated/α-hetero) is 1. The maximum atomic E-state index is 13.4. The molecule has 1 saturated heterocycles. The highest BCUT2D eigenvalue weighted by molar-refractivity contribution is 6.51. The van der Waals surface area contributed by atoms with Crippen LogP contribution in [-0.4, -0.2) is 37.1 Å². The molecule has 7 nitrogen and oxygen atoms in total. The number of rotatable bonds is 5. The SMILES string of the molecule is CCc1ccc(C2/C(=C(\O)c3ccc(OC)c(C)c3)C(=O)C(=O)N2c2ccc3c(c2)OCCO3)cc1. The zero-order valence-electron chi connectivity index (χ0n) is 20.4. The molecule has 3 aromatic carbocycles. The van der Waals surface area contributed by atoms with Crippen LogP contribution in [-0.2, 0) is 16.0 Å². The summed E-state index contributed by atoms with van der Waals surface area (Å²) in [4.78, 5) is 28.3. The molecule has 1 fully saturated rings. The minimum Gasteiger partial charge on any atom is -0.507 e. The Hall–Kier alpha value is -4.26. The molecular formula is C29H27NO6. The van der Waals surface area contributed by atoms with Crippen molar-refractivity contribution in [1.82, 2.24) is 0 Å². The third-order valence-electron chi connectivity index (χ3n) is 6.62. The topological polar surface area (TPSA) is 85.3 Å². The molecule has 2 aliphatic heterocycles. The molecule has 5 rings (SSSR count). The zero-order chi connectivity index (χ0) is 25.4. The molecule has 0 aliphatic carbocycles. The van der Waals surface area contributed by atoms with Crippen LogP contribution >= 0.6 is 0 Å². The number of aryl methyl sites for hydroxylation is 2. The lowest BCUT2D eigenvalue weighted by molar-refractivity contribution is -0.132. The van der Waals surface area contributed by atoms with Crippen LogP contribution in [0.5, 0.6) is 17.2 Å². The summed E-state index contributed by atoms with van der Waals surface area (Å²) in [5, 5.41) is 11.4. The predicted octanol–water partition coefficient (Wildman–Crippen LogP) is 4.96. The second-order valence-electron chi connectivity index (χ2n) is 8.78. The lowest BCUT2D eigenvalue weighted by atomic mass is 9.94. The van der Waals surface area contributed by atoms with Crippen molar-refractivity contribution in [2.24, 2.45) is 0 Å². The van der Waals surface area contributed by atoms with E-state index in [1.165, 1.54) is 4.90 Å². The second kappa shape index (κ2) is 9.41. The van der Waals surface area contributed by atoms with E-state index in [2.05, 4.69) is 6.92 Å². The van der Waals surface area contributed by atoms with Crippen molar-refractivity contribution in [2.45, 2.75) is 26.3 Å². The number of hydrogen-bond acceptors (Lipinski definition) is 6.